The summed E-state index contributed by atoms with van der Waals surface area (Å²) in [5.74, 6) is 0.0287. The van der Waals surface area contributed by atoms with Crippen molar-refractivity contribution in [3.8, 4) is 11.5 Å². The average Bonchev–Trinajstić information content (AvgIpc) is 3.58. The summed E-state index contributed by atoms with van der Waals surface area (Å²) in [4.78, 5) is 28.3. The molecular weight excluding hydrogens is 426 g/mol. The molecule has 1 aromatic heterocycles. The number of nitrogens with one attached hydrogen (secondary N) is 2. The van der Waals surface area contributed by atoms with Crippen LogP contribution in [0.4, 0.5) is 5.69 Å². The number of fused-ring (bicyclic) bond motifs is 2. The molecule has 3 heterocycles. The lowest BCUT2D eigenvalue weighted by Crippen LogP contribution is -2.43. The number of rotatable bonds is 6. The third-order valence-electron chi connectivity index (χ3n) is 5.72. The molecule has 2 aliphatic heterocycles. The van der Waals surface area contributed by atoms with E-state index in [0.29, 0.717) is 18.0 Å². The highest BCUT2D eigenvalue weighted by Gasteiger charge is 2.28. The summed E-state index contributed by atoms with van der Waals surface area (Å²) in [5, 5.41) is 7.53. The molecule has 2 aromatic carbocycles. The van der Waals surface area contributed by atoms with Crippen LogP contribution in [0.15, 0.2) is 60.0 Å². The van der Waals surface area contributed by atoms with Crippen molar-refractivity contribution in [2.75, 3.05) is 24.8 Å². The molecule has 0 saturated carbocycles. The van der Waals surface area contributed by atoms with Crippen molar-refractivity contribution >= 4 is 28.8 Å². The molecule has 8 heteroatoms. The average molecular weight is 450 g/mol. The highest BCUT2D eigenvalue weighted by Crippen LogP contribution is 2.36. The number of amides is 2. The minimum atomic E-state index is -0.658. The molecule has 164 valence electrons. The first-order chi connectivity index (χ1) is 15.7. The molecule has 5 rings (SSSR count). The molecule has 7 nitrogen and oxygen atoms in total. The Hall–Kier alpha value is -3.52. The van der Waals surface area contributed by atoms with Crippen LogP contribution in [0.3, 0.4) is 0 Å². The van der Waals surface area contributed by atoms with Crippen LogP contribution >= 0.6 is 11.3 Å². The summed E-state index contributed by atoms with van der Waals surface area (Å²) in [6, 6.07) is 17.8. The molecule has 0 fully saturated rings. The summed E-state index contributed by atoms with van der Waals surface area (Å²) >= 11 is 1.65. The molecule has 0 spiro atoms. The van der Waals surface area contributed by atoms with Gasteiger partial charge in [-0.25, -0.2) is 0 Å². The van der Waals surface area contributed by atoms with Crippen molar-refractivity contribution in [1.29, 1.82) is 0 Å². The predicted molar refractivity (Wildman–Crippen MR) is 122 cm³/mol. The van der Waals surface area contributed by atoms with E-state index >= 15 is 0 Å². The van der Waals surface area contributed by atoms with E-state index in [-0.39, 0.29) is 19.4 Å². The van der Waals surface area contributed by atoms with Gasteiger partial charge in [0.15, 0.2) is 11.5 Å². The molecule has 2 aliphatic rings. The van der Waals surface area contributed by atoms with Gasteiger partial charge in [-0.05, 0) is 47.2 Å². The van der Waals surface area contributed by atoms with E-state index < -0.39 is 11.8 Å². The maximum absolute atomic E-state index is 12.5. The van der Waals surface area contributed by atoms with E-state index in [0.717, 1.165) is 23.4 Å². The second-order valence-electron chi connectivity index (χ2n) is 7.68. The van der Waals surface area contributed by atoms with Crippen LogP contribution in [-0.4, -0.2) is 31.7 Å². The number of anilines is 1. The number of para-hydroxylation sites is 1. The van der Waals surface area contributed by atoms with Gasteiger partial charge >= 0.3 is 11.8 Å². The molecule has 0 aliphatic carbocycles. The Morgan fingerprint density at radius 3 is 2.72 bits per heavy atom. The Balaban J connectivity index is 1.21. The van der Waals surface area contributed by atoms with Gasteiger partial charge in [-0.3, -0.25) is 9.59 Å². The van der Waals surface area contributed by atoms with Gasteiger partial charge in [0, 0.05) is 30.2 Å². The van der Waals surface area contributed by atoms with Crippen molar-refractivity contribution < 1.29 is 19.1 Å². The zero-order chi connectivity index (χ0) is 21.9. The first-order valence-corrected chi connectivity index (χ1v) is 11.4. The van der Waals surface area contributed by atoms with Crippen molar-refractivity contribution in [2.24, 2.45) is 0 Å². The Bertz CT molecular complexity index is 1130. The molecule has 2 amide bonds. The van der Waals surface area contributed by atoms with Crippen LogP contribution in [0.1, 0.15) is 22.0 Å². The quantitative estimate of drug-likeness (QED) is 0.566. The Morgan fingerprint density at radius 2 is 1.84 bits per heavy atom. The number of hydrogen-bond donors (Lipinski definition) is 2. The second kappa shape index (κ2) is 8.92. The fraction of sp³-hybridized carbons (Fsp3) is 0.250. The smallest absolute Gasteiger partial charge is 0.309 e. The number of thiophene rings is 1. The van der Waals surface area contributed by atoms with Crippen molar-refractivity contribution in [2.45, 2.75) is 19.0 Å². The third kappa shape index (κ3) is 4.13. The summed E-state index contributed by atoms with van der Waals surface area (Å²) in [6.45, 7) is 1.66. The fourth-order valence-corrected chi connectivity index (χ4v) is 4.96. The lowest BCUT2D eigenvalue weighted by atomic mass is 10.1. The van der Waals surface area contributed by atoms with Gasteiger partial charge in [0.1, 0.15) is 0 Å². The number of ether oxygens (including phenoxy) is 2. The van der Waals surface area contributed by atoms with E-state index in [1.165, 1.54) is 11.3 Å². The molecule has 0 bridgehead atoms. The molecular formula is C24H23N3O4S. The van der Waals surface area contributed by atoms with Crippen LogP contribution < -0.4 is 25.0 Å². The van der Waals surface area contributed by atoms with Gasteiger partial charge in [0.2, 0.25) is 6.79 Å². The van der Waals surface area contributed by atoms with Crippen LogP contribution in [-0.2, 0) is 22.6 Å². The second-order valence-corrected chi connectivity index (χ2v) is 8.66. The standard InChI is InChI=1S/C24H23N3O4S/c28-23(25-13-16-7-8-20-21(12-16)31-15-30-20)24(29)26-14-19(22-6-3-11-32-22)27-10-9-17-4-1-2-5-18(17)27/h1-8,11-12,19H,9-10,13-15H2,(H,25,28)(H,26,29)/t19-/m0/s1. The summed E-state index contributed by atoms with van der Waals surface area (Å²) in [5.41, 5.74) is 3.33. The van der Waals surface area contributed by atoms with E-state index in [2.05, 4.69) is 39.8 Å². The highest BCUT2D eigenvalue weighted by atomic mass is 32.1. The van der Waals surface area contributed by atoms with Crippen LogP contribution in [0.25, 0.3) is 0 Å². The Morgan fingerprint density at radius 1 is 1.00 bits per heavy atom. The van der Waals surface area contributed by atoms with Crippen LogP contribution in [0, 0.1) is 0 Å². The maximum atomic E-state index is 12.5. The molecule has 0 radical (unpaired) electrons. The van der Waals surface area contributed by atoms with Gasteiger partial charge < -0.3 is 25.0 Å². The Labute approximate surface area is 190 Å². The van der Waals surface area contributed by atoms with E-state index in [4.69, 9.17) is 9.47 Å². The van der Waals surface area contributed by atoms with Gasteiger partial charge in [-0.2, -0.15) is 0 Å². The van der Waals surface area contributed by atoms with Gasteiger partial charge in [0.05, 0.1) is 6.04 Å². The molecule has 1 atom stereocenters. The lowest BCUT2D eigenvalue weighted by molar-refractivity contribution is -0.139. The minimum absolute atomic E-state index is 0.0238. The number of nitrogens with zero attached hydrogens (tertiary/aromatic N) is 1. The molecule has 3 aromatic rings. The number of carbonyl (C=O) groups is 2. The highest BCUT2D eigenvalue weighted by molar-refractivity contribution is 7.10. The minimum Gasteiger partial charge on any atom is -0.454 e. The normalized spacial score (nSPS) is 14.7. The van der Waals surface area contributed by atoms with Gasteiger partial charge in [-0.1, -0.05) is 30.3 Å². The maximum Gasteiger partial charge on any atom is 0.309 e. The van der Waals surface area contributed by atoms with Gasteiger partial charge in [0.25, 0.3) is 0 Å². The summed E-state index contributed by atoms with van der Waals surface area (Å²) in [6.07, 6.45) is 0.974. The predicted octanol–water partition coefficient (Wildman–Crippen LogP) is 3.01. The van der Waals surface area contributed by atoms with Gasteiger partial charge in [-0.15, -0.1) is 11.3 Å². The SMILES string of the molecule is O=C(NCc1ccc2c(c1)OCO2)C(=O)NC[C@@H](c1cccs1)N1CCc2ccccc21. The van der Waals surface area contributed by atoms with E-state index in [9.17, 15) is 9.59 Å². The van der Waals surface area contributed by atoms with Crippen molar-refractivity contribution in [3.63, 3.8) is 0 Å². The summed E-state index contributed by atoms with van der Waals surface area (Å²) in [7, 11) is 0. The van der Waals surface area contributed by atoms with Crippen LogP contribution in [0.2, 0.25) is 0 Å². The number of hydrogen-bond acceptors (Lipinski definition) is 6. The fourth-order valence-electron chi connectivity index (χ4n) is 4.12. The largest absolute Gasteiger partial charge is 0.454 e. The van der Waals surface area contributed by atoms with Crippen LogP contribution in [0.5, 0.6) is 11.5 Å². The van der Waals surface area contributed by atoms with Crippen molar-refractivity contribution in [1.82, 2.24) is 10.6 Å². The third-order valence-corrected chi connectivity index (χ3v) is 6.70. The summed E-state index contributed by atoms with van der Waals surface area (Å²) < 4.78 is 10.6. The topological polar surface area (TPSA) is 79.9 Å². The molecule has 0 unspecified atom stereocenters. The zero-order valence-electron chi connectivity index (χ0n) is 17.4. The first kappa shape index (κ1) is 20.4. The van der Waals surface area contributed by atoms with E-state index in [1.807, 2.05) is 23.6 Å². The Kier molecular flexibility index (Phi) is 5.68. The number of benzene rings is 2. The van der Waals surface area contributed by atoms with Crippen molar-refractivity contribution in [3.05, 3.63) is 76.0 Å². The monoisotopic (exact) mass is 449 g/mol. The zero-order valence-corrected chi connectivity index (χ0v) is 18.2. The first-order valence-electron chi connectivity index (χ1n) is 10.5. The molecule has 2 N–H and O–H groups in total. The number of carbonyl (C=O) groups excluding carboxylic acids is 2. The molecule has 0 saturated heterocycles. The molecule has 32 heavy (non-hydrogen) atoms. The van der Waals surface area contributed by atoms with E-state index in [1.54, 1.807) is 23.5 Å². The lowest BCUT2D eigenvalue weighted by Gasteiger charge is -2.30.